The molecule has 0 aromatic heterocycles. The van der Waals surface area contributed by atoms with Crippen molar-refractivity contribution in [3.05, 3.63) is 23.8 Å². The lowest BCUT2D eigenvalue weighted by atomic mass is 10.2. The number of nitrogen functional groups attached to an aromatic ring is 1. The van der Waals surface area contributed by atoms with Gasteiger partial charge in [-0.25, -0.2) is 0 Å². The van der Waals surface area contributed by atoms with E-state index >= 15 is 0 Å². The minimum absolute atomic E-state index is 0.0336. The standard InChI is InChI=1S/C12H13N3O2/c1-15-5-4-11(12(15)16)17-10-3-2-8(7-13)6-9(10)14/h2-3,6,11H,4-5,14H2,1H3. The van der Waals surface area contributed by atoms with Gasteiger partial charge in [-0.2, -0.15) is 5.26 Å². The third-order valence-electron chi connectivity index (χ3n) is 2.79. The van der Waals surface area contributed by atoms with Crippen molar-refractivity contribution in [2.24, 2.45) is 0 Å². The predicted octanol–water partition coefficient (Wildman–Crippen LogP) is 0.750. The van der Waals surface area contributed by atoms with Gasteiger partial charge in [0.1, 0.15) is 5.75 Å². The van der Waals surface area contributed by atoms with Gasteiger partial charge in [0.05, 0.1) is 17.3 Å². The summed E-state index contributed by atoms with van der Waals surface area (Å²) < 4.78 is 5.56. The number of hydrogen-bond acceptors (Lipinski definition) is 4. The highest BCUT2D eigenvalue weighted by atomic mass is 16.5. The van der Waals surface area contributed by atoms with Crippen LogP contribution in [0.1, 0.15) is 12.0 Å². The largest absolute Gasteiger partial charge is 0.478 e. The molecule has 2 rings (SSSR count). The van der Waals surface area contributed by atoms with Crippen LogP contribution in [0, 0.1) is 11.3 Å². The van der Waals surface area contributed by atoms with E-state index in [0.717, 1.165) is 0 Å². The molecule has 0 bridgehead atoms. The minimum Gasteiger partial charge on any atom is -0.478 e. The molecular weight excluding hydrogens is 218 g/mol. The smallest absolute Gasteiger partial charge is 0.263 e. The van der Waals surface area contributed by atoms with E-state index in [2.05, 4.69) is 0 Å². The number of amides is 1. The molecule has 17 heavy (non-hydrogen) atoms. The summed E-state index contributed by atoms with van der Waals surface area (Å²) in [6.07, 6.45) is 0.199. The van der Waals surface area contributed by atoms with E-state index in [-0.39, 0.29) is 5.91 Å². The molecule has 1 saturated heterocycles. The molecular formula is C12H13N3O2. The van der Waals surface area contributed by atoms with Gasteiger partial charge in [0.2, 0.25) is 0 Å². The van der Waals surface area contributed by atoms with E-state index in [1.54, 1.807) is 30.1 Å². The second-order valence-corrected chi connectivity index (χ2v) is 4.02. The van der Waals surface area contributed by atoms with Crippen LogP contribution in [0.3, 0.4) is 0 Å². The van der Waals surface area contributed by atoms with Crippen LogP contribution in [0.5, 0.6) is 5.75 Å². The van der Waals surface area contributed by atoms with Crippen LogP contribution in [0.2, 0.25) is 0 Å². The Morgan fingerprint density at radius 3 is 2.88 bits per heavy atom. The highest BCUT2D eigenvalue weighted by molar-refractivity contribution is 5.83. The number of benzene rings is 1. The quantitative estimate of drug-likeness (QED) is 0.762. The van der Waals surface area contributed by atoms with Crippen LogP contribution >= 0.6 is 0 Å². The Morgan fingerprint density at radius 1 is 1.59 bits per heavy atom. The summed E-state index contributed by atoms with van der Waals surface area (Å²) >= 11 is 0. The Balaban J connectivity index is 2.15. The zero-order valence-corrected chi connectivity index (χ0v) is 9.51. The number of hydrogen-bond donors (Lipinski definition) is 1. The molecule has 2 N–H and O–H groups in total. The number of carbonyl (C=O) groups is 1. The van der Waals surface area contributed by atoms with Gasteiger partial charge in [-0.05, 0) is 18.2 Å². The van der Waals surface area contributed by atoms with Gasteiger partial charge in [0.25, 0.3) is 5.91 Å². The number of carbonyl (C=O) groups excluding carboxylic acids is 1. The highest BCUT2D eigenvalue weighted by Gasteiger charge is 2.31. The number of likely N-dealkylation sites (N-methyl/N-ethyl adjacent to an activating group) is 1. The summed E-state index contributed by atoms with van der Waals surface area (Å²) in [5.41, 5.74) is 6.61. The number of anilines is 1. The second-order valence-electron chi connectivity index (χ2n) is 4.02. The Morgan fingerprint density at radius 2 is 2.35 bits per heavy atom. The van der Waals surface area contributed by atoms with Gasteiger partial charge in [0, 0.05) is 20.0 Å². The summed E-state index contributed by atoms with van der Waals surface area (Å²) in [7, 11) is 1.74. The van der Waals surface area contributed by atoms with Crippen molar-refractivity contribution in [2.75, 3.05) is 19.3 Å². The van der Waals surface area contributed by atoms with Crippen molar-refractivity contribution >= 4 is 11.6 Å². The summed E-state index contributed by atoms with van der Waals surface area (Å²) in [6, 6.07) is 6.78. The summed E-state index contributed by atoms with van der Waals surface area (Å²) in [6.45, 7) is 0.694. The molecule has 1 aliphatic heterocycles. The first-order valence-electron chi connectivity index (χ1n) is 5.33. The van der Waals surface area contributed by atoms with E-state index < -0.39 is 6.10 Å². The molecule has 1 atom stereocenters. The molecule has 88 valence electrons. The lowest BCUT2D eigenvalue weighted by molar-refractivity contribution is -0.132. The van der Waals surface area contributed by atoms with E-state index in [1.165, 1.54) is 0 Å². The third-order valence-corrected chi connectivity index (χ3v) is 2.79. The first-order valence-corrected chi connectivity index (χ1v) is 5.33. The SMILES string of the molecule is CN1CCC(Oc2ccc(C#N)cc2N)C1=O. The van der Waals surface area contributed by atoms with E-state index in [0.29, 0.717) is 30.0 Å². The number of likely N-dealkylation sites (tertiary alicyclic amines) is 1. The Labute approximate surface area is 99.4 Å². The summed E-state index contributed by atoms with van der Waals surface area (Å²) in [4.78, 5) is 13.3. The molecule has 1 aromatic rings. The molecule has 0 radical (unpaired) electrons. The predicted molar refractivity (Wildman–Crippen MR) is 62.2 cm³/mol. The van der Waals surface area contributed by atoms with Gasteiger partial charge in [-0.15, -0.1) is 0 Å². The van der Waals surface area contributed by atoms with Crippen LogP contribution < -0.4 is 10.5 Å². The minimum atomic E-state index is -0.463. The van der Waals surface area contributed by atoms with Crippen LogP contribution in [0.4, 0.5) is 5.69 Å². The molecule has 0 spiro atoms. The molecule has 0 saturated carbocycles. The fourth-order valence-corrected chi connectivity index (χ4v) is 1.78. The zero-order valence-electron chi connectivity index (χ0n) is 9.51. The average molecular weight is 231 g/mol. The Hall–Kier alpha value is -2.22. The zero-order chi connectivity index (χ0) is 12.4. The first-order chi connectivity index (χ1) is 8.11. The normalized spacial score (nSPS) is 19.2. The van der Waals surface area contributed by atoms with Crippen molar-refractivity contribution in [1.29, 1.82) is 5.26 Å². The maximum atomic E-state index is 11.7. The molecule has 5 nitrogen and oxygen atoms in total. The topological polar surface area (TPSA) is 79.3 Å². The molecule has 1 unspecified atom stereocenters. The number of rotatable bonds is 2. The Bertz CT molecular complexity index is 493. The lowest BCUT2D eigenvalue weighted by Crippen LogP contribution is -2.29. The number of nitrogens with two attached hydrogens (primary N) is 1. The van der Waals surface area contributed by atoms with Crippen LogP contribution in [0.15, 0.2) is 18.2 Å². The fourth-order valence-electron chi connectivity index (χ4n) is 1.78. The van der Waals surface area contributed by atoms with Crippen molar-refractivity contribution in [3.63, 3.8) is 0 Å². The van der Waals surface area contributed by atoms with Gasteiger partial charge in [-0.1, -0.05) is 0 Å². The van der Waals surface area contributed by atoms with E-state index in [4.69, 9.17) is 15.7 Å². The highest BCUT2D eigenvalue weighted by Crippen LogP contribution is 2.25. The maximum absolute atomic E-state index is 11.7. The van der Waals surface area contributed by atoms with Gasteiger partial charge >= 0.3 is 0 Å². The number of nitriles is 1. The van der Waals surface area contributed by atoms with Crippen molar-refractivity contribution in [3.8, 4) is 11.8 Å². The van der Waals surface area contributed by atoms with Gasteiger partial charge in [0.15, 0.2) is 6.10 Å². The van der Waals surface area contributed by atoms with Crippen LogP contribution in [-0.2, 0) is 4.79 Å². The van der Waals surface area contributed by atoms with Gasteiger partial charge < -0.3 is 15.4 Å². The molecule has 1 heterocycles. The third kappa shape index (κ3) is 2.16. The van der Waals surface area contributed by atoms with Crippen molar-refractivity contribution in [2.45, 2.75) is 12.5 Å². The van der Waals surface area contributed by atoms with Gasteiger partial charge in [-0.3, -0.25) is 4.79 Å². The van der Waals surface area contributed by atoms with E-state index in [1.807, 2.05) is 6.07 Å². The van der Waals surface area contributed by atoms with E-state index in [9.17, 15) is 4.79 Å². The summed E-state index contributed by atoms with van der Waals surface area (Å²) in [5, 5.41) is 8.71. The molecule has 1 aliphatic rings. The average Bonchev–Trinajstić information content (AvgIpc) is 2.63. The molecule has 0 aliphatic carbocycles. The molecule has 1 fully saturated rings. The fraction of sp³-hybridized carbons (Fsp3) is 0.333. The molecule has 5 heteroatoms. The van der Waals surface area contributed by atoms with Crippen molar-refractivity contribution < 1.29 is 9.53 Å². The summed E-state index contributed by atoms with van der Waals surface area (Å²) in [5.74, 6) is 0.423. The van der Waals surface area contributed by atoms with Crippen molar-refractivity contribution in [1.82, 2.24) is 4.90 Å². The van der Waals surface area contributed by atoms with Crippen LogP contribution in [-0.4, -0.2) is 30.5 Å². The number of nitrogens with zero attached hydrogens (tertiary/aromatic N) is 2. The lowest BCUT2D eigenvalue weighted by Gasteiger charge is -2.14. The molecule has 1 aromatic carbocycles. The maximum Gasteiger partial charge on any atom is 0.263 e. The van der Waals surface area contributed by atoms with Crippen LogP contribution in [0.25, 0.3) is 0 Å². The first kappa shape index (κ1) is 11.3. The Kier molecular flexibility index (Phi) is 2.88. The second kappa shape index (κ2) is 4.34. The molecule has 1 amide bonds. The monoisotopic (exact) mass is 231 g/mol. The number of ether oxygens (including phenoxy) is 1.